The van der Waals surface area contributed by atoms with Gasteiger partial charge in [0, 0.05) is 18.1 Å². The monoisotopic (exact) mass is 214 g/mol. The van der Waals surface area contributed by atoms with Gasteiger partial charge < -0.3 is 5.73 Å². The van der Waals surface area contributed by atoms with Crippen LogP contribution in [0.25, 0.3) is 0 Å². The van der Waals surface area contributed by atoms with Crippen molar-refractivity contribution >= 4 is 11.8 Å². The first-order valence-corrected chi connectivity index (χ1v) is 6.99. The smallest absolute Gasteiger partial charge is 0.0512 e. The van der Waals surface area contributed by atoms with Crippen LogP contribution >= 0.6 is 11.8 Å². The van der Waals surface area contributed by atoms with Crippen molar-refractivity contribution in [3.63, 3.8) is 0 Å². The number of piperidine rings is 1. The van der Waals surface area contributed by atoms with Crippen LogP contribution in [-0.2, 0) is 0 Å². The Morgan fingerprint density at radius 3 is 2.36 bits per heavy atom. The molecule has 0 aliphatic carbocycles. The minimum Gasteiger partial charge on any atom is -0.329 e. The van der Waals surface area contributed by atoms with Gasteiger partial charge in [-0.15, -0.1) is 0 Å². The maximum absolute atomic E-state index is 5.91. The van der Waals surface area contributed by atoms with Crippen LogP contribution in [0.1, 0.15) is 26.2 Å². The number of likely N-dealkylation sites (tertiary alicyclic amines) is 1. The summed E-state index contributed by atoms with van der Waals surface area (Å²) in [5, 5.41) is 0. The van der Waals surface area contributed by atoms with Gasteiger partial charge in [-0.2, -0.15) is 11.8 Å². The van der Waals surface area contributed by atoms with E-state index in [1.807, 2.05) is 11.8 Å². The number of hydrogen-bond donors (Lipinski definition) is 1. The fourth-order valence-electron chi connectivity index (χ4n) is 2.58. The third-order valence-corrected chi connectivity index (χ3v) is 5.47. The molecular formula is C11H22N2S. The molecule has 2 saturated heterocycles. The Morgan fingerprint density at radius 2 is 2.00 bits per heavy atom. The fraction of sp³-hybridized carbons (Fsp3) is 1.00. The highest BCUT2D eigenvalue weighted by atomic mass is 32.2. The van der Waals surface area contributed by atoms with Crippen molar-refractivity contribution in [3.8, 4) is 0 Å². The van der Waals surface area contributed by atoms with E-state index in [1.165, 1.54) is 43.9 Å². The predicted molar refractivity (Wildman–Crippen MR) is 63.7 cm³/mol. The lowest BCUT2D eigenvalue weighted by Gasteiger charge is -2.51. The Bertz CT molecular complexity index is 178. The van der Waals surface area contributed by atoms with Crippen LogP contribution in [0.4, 0.5) is 0 Å². The normalized spacial score (nSPS) is 28.7. The van der Waals surface area contributed by atoms with Gasteiger partial charge in [-0.3, -0.25) is 4.90 Å². The molecule has 0 bridgehead atoms. The molecule has 2 aliphatic rings. The van der Waals surface area contributed by atoms with E-state index in [-0.39, 0.29) is 0 Å². The van der Waals surface area contributed by atoms with Crippen LogP contribution < -0.4 is 5.73 Å². The largest absolute Gasteiger partial charge is 0.329 e. The average Bonchev–Trinajstić information content (AvgIpc) is 2.18. The summed E-state index contributed by atoms with van der Waals surface area (Å²) < 4.78 is 0. The molecule has 0 saturated carbocycles. The molecule has 0 aromatic rings. The summed E-state index contributed by atoms with van der Waals surface area (Å²) in [6.45, 7) is 5.75. The van der Waals surface area contributed by atoms with Crippen molar-refractivity contribution in [2.75, 3.05) is 31.1 Å². The van der Waals surface area contributed by atoms with Crippen molar-refractivity contribution in [3.05, 3.63) is 0 Å². The van der Waals surface area contributed by atoms with E-state index in [1.54, 1.807) is 0 Å². The zero-order valence-corrected chi connectivity index (χ0v) is 9.98. The predicted octanol–water partition coefficient (Wildman–Crippen LogP) is 1.55. The Hall–Kier alpha value is 0.270. The SMILES string of the molecule is CCC1CCN(C2(CN)CSC2)CC1. The van der Waals surface area contributed by atoms with Crippen LogP contribution in [0.3, 0.4) is 0 Å². The second kappa shape index (κ2) is 4.42. The molecule has 0 atom stereocenters. The molecule has 2 rings (SSSR count). The molecule has 0 amide bonds. The summed E-state index contributed by atoms with van der Waals surface area (Å²) in [5.74, 6) is 3.51. The number of hydrogen-bond acceptors (Lipinski definition) is 3. The molecule has 14 heavy (non-hydrogen) atoms. The molecule has 0 radical (unpaired) electrons. The van der Waals surface area contributed by atoms with Gasteiger partial charge in [-0.25, -0.2) is 0 Å². The lowest BCUT2D eigenvalue weighted by Crippen LogP contribution is -2.64. The minimum absolute atomic E-state index is 0.392. The fourth-order valence-corrected chi connectivity index (χ4v) is 3.86. The van der Waals surface area contributed by atoms with Crippen LogP contribution in [0.5, 0.6) is 0 Å². The van der Waals surface area contributed by atoms with E-state index in [9.17, 15) is 0 Å². The quantitative estimate of drug-likeness (QED) is 0.773. The molecule has 2 N–H and O–H groups in total. The molecule has 82 valence electrons. The summed E-state index contributed by atoms with van der Waals surface area (Å²) in [6, 6.07) is 0. The second-order valence-corrected chi connectivity index (χ2v) is 5.75. The van der Waals surface area contributed by atoms with Crippen molar-refractivity contribution in [1.29, 1.82) is 0 Å². The zero-order valence-electron chi connectivity index (χ0n) is 9.17. The zero-order chi connectivity index (χ0) is 10.0. The molecule has 3 heteroatoms. The first-order valence-electron chi connectivity index (χ1n) is 5.83. The van der Waals surface area contributed by atoms with Crippen LogP contribution in [0, 0.1) is 5.92 Å². The number of nitrogens with two attached hydrogens (primary N) is 1. The highest BCUT2D eigenvalue weighted by molar-refractivity contribution is 8.00. The third kappa shape index (κ3) is 1.82. The Morgan fingerprint density at radius 1 is 1.36 bits per heavy atom. The average molecular weight is 214 g/mol. The van der Waals surface area contributed by atoms with E-state index in [0.717, 1.165) is 12.5 Å². The summed E-state index contributed by atoms with van der Waals surface area (Å²) >= 11 is 2.05. The van der Waals surface area contributed by atoms with Gasteiger partial charge >= 0.3 is 0 Å². The van der Waals surface area contributed by atoms with Gasteiger partial charge in [-0.05, 0) is 31.8 Å². The van der Waals surface area contributed by atoms with Crippen LogP contribution in [0.2, 0.25) is 0 Å². The van der Waals surface area contributed by atoms with Gasteiger partial charge in [0.1, 0.15) is 0 Å². The summed E-state index contributed by atoms with van der Waals surface area (Å²) in [7, 11) is 0. The number of rotatable bonds is 3. The maximum Gasteiger partial charge on any atom is 0.0512 e. The lowest BCUT2D eigenvalue weighted by molar-refractivity contribution is 0.0785. The molecule has 0 spiro atoms. The molecule has 0 aromatic carbocycles. The van der Waals surface area contributed by atoms with Gasteiger partial charge in [0.2, 0.25) is 0 Å². The molecule has 2 heterocycles. The number of nitrogens with zero attached hydrogens (tertiary/aromatic N) is 1. The van der Waals surface area contributed by atoms with E-state index in [4.69, 9.17) is 5.73 Å². The van der Waals surface area contributed by atoms with Gasteiger partial charge in [0.05, 0.1) is 5.54 Å². The second-order valence-electron chi connectivity index (χ2n) is 4.76. The Kier molecular flexibility index (Phi) is 3.40. The van der Waals surface area contributed by atoms with E-state index >= 15 is 0 Å². The highest BCUT2D eigenvalue weighted by Crippen LogP contribution is 2.37. The van der Waals surface area contributed by atoms with Crippen molar-refractivity contribution in [1.82, 2.24) is 4.90 Å². The molecule has 0 aromatic heterocycles. The first-order chi connectivity index (χ1) is 6.80. The van der Waals surface area contributed by atoms with Gasteiger partial charge in [0.15, 0.2) is 0 Å². The highest BCUT2D eigenvalue weighted by Gasteiger charge is 2.42. The molecule has 0 unspecified atom stereocenters. The molecule has 2 fully saturated rings. The van der Waals surface area contributed by atoms with Gasteiger partial charge in [-0.1, -0.05) is 13.3 Å². The molecular weight excluding hydrogens is 192 g/mol. The number of thioether (sulfide) groups is 1. The van der Waals surface area contributed by atoms with Crippen LogP contribution in [0.15, 0.2) is 0 Å². The maximum atomic E-state index is 5.91. The van der Waals surface area contributed by atoms with E-state index < -0.39 is 0 Å². The summed E-state index contributed by atoms with van der Waals surface area (Å²) in [4.78, 5) is 2.66. The van der Waals surface area contributed by atoms with Crippen molar-refractivity contribution in [2.24, 2.45) is 11.7 Å². The Balaban J connectivity index is 1.88. The summed E-state index contributed by atoms with van der Waals surface area (Å²) in [5.41, 5.74) is 6.30. The van der Waals surface area contributed by atoms with Crippen molar-refractivity contribution < 1.29 is 0 Å². The molecule has 2 nitrogen and oxygen atoms in total. The molecule has 2 aliphatic heterocycles. The third-order valence-electron chi connectivity index (χ3n) is 3.98. The van der Waals surface area contributed by atoms with E-state index in [0.29, 0.717) is 5.54 Å². The van der Waals surface area contributed by atoms with Gasteiger partial charge in [0.25, 0.3) is 0 Å². The topological polar surface area (TPSA) is 29.3 Å². The first kappa shape index (κ1) is 10.8. The Labute approximate surface area is 91.6 Å². The summed E-state index contributed by atoms with van der Waals surface area (Å²) in [6.07, 6.45) is 4.14. The lowest BCUT2D eigenvalue weighted by atomic mass is 9.90. The van der Waals surface area contributed by atoms with Crippen molar-refractivity contribution in [2.45, 2.75) is 31.7 Å². The minimum atomic E-state index is 0.392. The standard InChI is InChI=1S/C11H22N2S/c1-2-10-3-5-13(6-4-10)11(7-12)8-14-9-11/h10H,2-9,12H2,1H3. The van der Waals surface area contributed by atoms with E-state index in [2.05, 4.69) is 11.8 Å². The van der Waals surface area contributed by atoms with Crippen LogP contribution in [-0.4, -0.2) is 41.6 Å².